The fourth-order valence-corrected chi connectivity index (χ4v) is 6.57. The third-order valence-corrected chi connectivity index (χ3v) is 9.10. The highest BCUT2D eigenvalue weighted by Gasteiger charge is 2.23. The maximum absolute atomic E-state index is 11.9. The number of carbonyl (C=O) groups is 1. The summed E-state index contributed by atoms with van der Waals surface area (Å²) in [7, 11) is 0. The van der Waals surface area contributed by atoms with Gasteiger partial charge in [-0.1, -0.05) is 62.4 Å². The summed E-state index contributed by atoms with van der Waals surface area (Å²) in [6, 6.07) is 37.7. The van der Waals surface area contributed by atoms with E-state index in [1.165, 1.54) is 22.3 Å². The molecule has 1 amide bonds. The molecule has 2 atom stereocenters. The van der Waals surface area contributed by atoms with Crippen molar-refractivity contribution in [2.24, 2.45) is 5.92 Å². The average molecular weight is 621 g/mol. The quantitative estimate of drug-likeness (QED) is 0.139. The molecule has 236 valence electrons. The topological polar surface area (TPSA) is 105 Å². The second kappa shape index (κ2) is 13.1. The number of nitrogen functional groups attached to an aromatic ring is 1. The predicted molar refractivity (Wildman–Crippen MR) is 194 cm³/mol. The van der Waals surface area contributed by atoms with Gasteiger partial charge in [-0.25, -0.2) is 9.97 Å². The molecule has 0 unspecified atom stereocenters. The van der Waals surface area contributed by atoms with Crippen LogP contribution in [-0.4, -0.2) is 15.9 Å². The van der Waals surface area contributed by atoms with Crippen LogP contribution in [0.1, 0.15) is 61.0 Å². The molecule has 0 bridgehead atoms. The fourth-order valence-electron chi connectivity index (χ4n) is 6.57. The van der Waals surface area contributed by atoms with Gasteiger partial charge in [0.15, 0.2) is 0 Å². The standard InChI is InChI=1S/C22H23N3O.C18H17N3/c1-14(2)22(26)23-17-9-11-19-16(13-17)8-12-21(24-19)25-20-10-7-15-5-3-4-6-18(15)20;19-14-7-9-16-13(11-14)6-10-18(20-16)21-17-8-5-12-3-1-2-4-15(12)17/h3-6,8-9,11-14,20H,7,10H2,1-2H3,(H,23,26)(H,24,25);1-4,6-7,9-11,17H,5,8,19H2,(H,20,21)/t20-;17-/m11/s1. The van der Waals surface area contributed by atoms with E-state index in [1.807, 2.05) is 62.4 Å². The van der Waals surface area contributed by atoms with E-state index in [-0.39, 0.29) is 11.8 Å². The smallest absolute Gasteiger partial charge is 0.226 e. The van der Waals surface area contributed by atoms with E-state index >= 15 is 0 Å². The maximum Gasteiger partial charge on any atom is 0.226 e. The zero-order valence-electron chi connectivity index (χ0n) is 26.8. The van der Waals surface area contributed by atoms with Crippen molar-refractivity contribution in [1.82, 2.24) is 9.97 Å². The Morgan fingerprint density at radius 2 is 1.21 bits per heavy atom. The molecule has 2 aliphatic carbocycles. The van der Waals surface area contributed by atoms with E-state index in [0.29, 0.717) is 12.1 Å². The molecule has 0 radical (unpaired) electrons. The number of rotatable bonds is 6. The third kappa shape index (κ3) is 6.75. The summed E-state index contributed by atoms with van der Waals surface area (Å²) in [6.07, 6.45) is 4.47. The van der Waals surface area contributed by atoms with Crippen molar-refractivity contribution >= 4 is 50.7 Å². The Bertz CT molecular complexity index is 2070. The van der Waals surface area contributed by atoms with E-state index in [1.54, 1.807) is 0 Å². The van der Waals surface area contributed by atoms with Crippen molar-refractivity contribution in [1.29, 1.82) is 0 Å². The van der Waals surface area contributed by atoms with E-state index in [4.69, 9.17) is 10.7 Å². The molecule has 0 spiro atoms. The second-order valence-corrected chi connectivity index (χ2v) is 12.8. The lowest BCUT2D eigenvalue weighted by Gasteiger charge is -2.15. The molecular weight excluding hydrogens is 580 g/mol. The van der Waals surface area contributed by atoms with Crippen LogP contribution in [0.5, 0.6) is 0 Å². The second-order valence-electron chi connectivity index (χ2n) is 12.8. The number of carbonyl (C=O) groups excluding carboxylic acids is 1. The molecule has 2 aromatic heterocycles. The number of hydrogen-bond donors (Lipinski definition) is 4. The molecular formula is C40H40N6O. The van der Waals surface area contributed by atoms with Crippen LogP contribution < -0.4 is 21.7 Å². The van der Waals surface area contributed by atoms with Gasteiger partial charge >= 0.3 is 0 Å². The highest BCUT2D eigenvalue weighted by Crippen LogP contribution is 2.35. The van der Waals surface area contributed by atoms with Crippen LogP contribution in [0.2, 0.25) is 0 Å². The number of aromatic nitrogens is 2. The first kappa shape index (κ1) is 30.2. The molecule has 0 aliphatic heterocycles. The van der Waals surface area contributed by atoms with Crippen molar-refractivity contribution in [3.05, 3.63) is 131 Å². The molecule has 0 saturated heterocycles. The highest BCUT2D eigenvalue weighted by molar-refractivity contribution is 5.94. The van der Waals surface area contributed by atoms with Gasteiger partial charge in [0.05, 0.1) is 23.1 Å². The molecule has 0 fully saturated rings. The lowest BCUT2D eigenvalue weighted by atomic mass is 10.1. The summed E-state index contributed by atoms with van der Waals surface area (Å²) >= 11 is 0. The normalized spacial score (nSPS) is 16.3. The molecule has 4 aromatic carbocycles. The van der Waals surface area contributed by atoms with E-state index in [2.05, 4.69) is 81.6 Å². The Morgan fingerprint density at radius 1 is 0.681 bits per heavy atom. The Hall–Kier alpha value is -5.43. The summed E-state index contributed by atoms with van der Waals surface area (Å²) in [5, 5.41) is 12.2. The summed E-state index contributed by atoms with van der Waals surface area (Å²) in [5.74, 6) is 1.80. The van der Waals surface area contributed by atoms with Crippen molar-refractivity contribution in [2.45, 2.75) is 51.6 Å². The largest absolute Gasteiger partial charge is 0.399 e. The van der Waals surface area contributed by atoms with Gasteiger partial charge in [0.2, 0.25) is 5.91 Å². The van der Waals surface area contributed by atoms with Crippen molar-refractivity contribution in [2.75, 3.05) is 21.7 Å². The molecule has 2 aliphatic rings. The van der Waals surface area contributed by atoms with Gasteiger partial charge < -0.3 is 21.7 Å². The summed E-state index contributed by atoms with van der Waals surface area (Å²) < 4.78 is 0. The fraction of sp³-hybridized carbons (Fsp3) is 0.225. The minimum Gasteiger partial charge on any atom is -0.399 e. The van der Waals surface area contributed by atoms with Crippen LogP contribution in [0, 0.1) is 5.92 Å². The van der Waals surface area contributed by atoms with E-state index in [9.17, 15) is 4.79 Å². The number of nitrogens with one attached hydrogen (secondary N) is 3. The van der Waals surface area contributed by atoms with Gasteiger partial charge in [-0.2, -0.15) is 0 Å². The van der Waals surface area contributed by atoms with Crippen LogP contribution in [0.25, 0.3) is 21.8 Å². The number of benzene rings is 4. The van der Waals surface area contributed by atoms with Gasteiger partial charge in [0, 0.05) is 28.1 Å². The minimum absolute atomic E-state index is 0.0236. The number of amides is 1. The van der Waals surface area contributed by atoms with Crippen LogP contribution >= 0.6 is 0 Å². The summed E-state index contributed by atoms with van der Waals surface area (Å²) in [6.45, 7) is 3.77. The molecule has 5 N–H and O–H groups in total. The Labute approximate surface area is 275 Å². The number of pyridine rings is 2. The van der Waals surface area contributed by atoms with Crippen LogP contribution in [0.4, 0.5) is 23.0 Å². The lowest BCUT2D eigenvalue weighted by Crippen LogP contribution is -2.17. The first-order valence-corrected chi connectivity index (χ1v) is 16.5. The number of hydrogen-bond acceptors (Lipinski definition) is 6. The minimum atomic E-state index is -0.0373. The number of fused-ring (bicyclic) bond motifs is 4. The monoisotopic (exact) mass is 620 g/mol. The Morgan fingerprint density at radius 3 is 1.79 bits per heavy atom. The highest BCUT2D eigenvalue weighted by atomic mass is 16.1. The molecule has 8 rings (SSSR count). The Balaban J connectivity index is 0.000000153. The van der Waals surface area contributed by atoms with Gasteiger partial charge in [-0.15, -0.1) is 0 Å². The van der Waals surface area contributed by atoms with Gasteiger partial charge in [-0.05, 0) is 109 Å². The number of aryl methyl sites for hydroxylation is 2. The predicted octanol–water partition coefficient (Wildman–Crippen LogP) is 8.85. The van der Waals surface area contributed by atoms with Crippen LogP contribution in [0.15, 0.2) is 109 Å². The van der Waals surface area contributed by atoms with Gasteiger partial charge in [-0.3, -0.25) is 4.79 Å². The van der Waals surface area contributed by atoms with E-state index < -0.39 is 0 Å². The average Bonchev–Trinajstić information content (AvgIpc) is 3.69. The summed E-state index contributed by atoms with van der Waals surface area (Å²) in [5.41, 5.74) is 14.9. The molecule has 6 aromatic rings. The first-order chi connectivity index (χ1) is 22.9. The van der Waals surface area contributed by atoms with Crippen LogP contribution in [-0.2, 0) is 17.6 Å². The van der Waals surface area contributed by atoms with Crippen molar-refractivity contribution < 1.29 is 4.79 Å². The molecule has 7 nitrogen and oxygen atoms in total. The number of anilines is 4. The summed E-state index contributed by atoms with van der Waals surface area (Å²) in [4.78, 5) is 21.3. The zero-order chi connectivity index (χ0) is 32.3. The Kier molecular flexibility index (Phi) is 8.44. The number of nitrogens with two attached hydrogens (primary N) is 1. The molecule has 47 heavy (non-hydrogen) atoms. The first-order valence-electron chi connectivity index (χ1n) is 16.5. The molecule has 2 heterocycles. The SMILES string of the molecule is CC(C)C(=O)Nc1ccc2nc(N[C@@H]3CCc4ccccc43)ccc2c1.Nc1ccc2nc(N[C@@H]3CCc4ccccc43)ccc2c1. The van der Waals surface area contributed by atoms with Crippen molar-refractivity contribution in [3.63, 3.8) is 0 Å². The van der Waals surface area contributed by atoms with Crippen molar-refractivity contribution in [3.8, 4) is 0 Å². The van der Waals surface area contributed by atoms with E-state index in [0.717, 1.165) is 70.5 Å². The molecule has 0 saturated carbocycles. The molecule has 7 heteroatoms. The van der Waals surface area contributed by atoms with Crippen LogP contribution in [0.3, 0.4) is 0 Å². The van der Waals surface area contributed by atoms with Gasteiger partial charge in [0.25, 0.3) is 0 Å². The zero-order valence-corrected chi connectivity index (χ0v) is 26.8. The maximum atomic E-state index is 11.9. The van der Waals surface area contributed by atoms with Gasteiger partial charge in [0.1, 0.15) is 11.6 Å². The third-order valence-electron chi connectivity index (χ3n) is 9.10. The number of nitrogens with zero attached hydrogens (tertiary/aromatic N) is 2. The lowest BCUT2D eigenvalue weighted by molar-refractivity contribution is -0.118.